The summed E-state index contributed by atoms with van der Waals surface area (Å²) in [5, 5.41) is 13.0. The van der Waals surface area contributed by atoms with Crippen molar-refractivity contribution < 1.29 is 23.8 Å². The quantitative estimate of drug-likeness (QED) is 0.280. The Morgan fingerprint density at radius 2 is 1.70 bits per heavy atom. The number of esters is 2. The lowest BCUT2D eigenvalue weighted by Crippen LogP contribution is -2.50. The number of hydrogen-bond acceptors (Lipinski definition) is 7. The molecule has 1 saturated heterocycles. The van der Waals surface area contributed by atoms with Crippen molar-refractivity contribution in [3.05, 3.63) is 58.6 Å². The first-order valence-corrected chi connectivity index (χ1v) is 9.52. The number of aromatic nitrogens is 4. The van der Waals surface area contributed by atoms with Gasteiger partial charge in [0, 0.05) is 40.1 Å². The maximum atomic E-state index is 13.0. The average Bonchev–Trinajstić information content (AvgIpc) is 2.87. The summed E-state index contributed by atoms with van der Waals surface area (Å²) in [6.07, 6.45) is 3.13. The smallest absolute Gasteiger partial charge is 0.324 e. The van der Waals surface area contributed by atoms with Gasteiger partial charge in [-0.25, -0.2) is 9.30 Å². The minimum absolute atomic E-state index is 0.242. The van der Waals surface area contributed by atoms with Crippen molar-refractivity contribution in [2.75, 3.05) is 0 Å². The average molecular weight is 410 g/mol. The lowest BCUT2D eigenvalue weighted by atomic mass is 9.84. The van der Waals surface area contributed by atoms with E-state index in [1.165, 1.54) is 13.8 Å². The van der Waals surface area contributed by atoms with Gasteiger partial charge in [-0.2, -0.15) is 0 Å². The van der Waals surface area contributed by atoms with E-state index in [9.17, 15) is 14.8 Å². The fraction of sp³-hybridized carbons (Fsp3) is 0.381. The molecule has 0 bridgehead atoms. The minimum Gasteiger partial charge on any atom is -0.711 e. The third-order valence-electron chi connectivity index (χ3n) is 5.55. The lowest BCUT2D eigenvalue weighted by molar-refractivity contribution is -0.621. The standard InChI is InChI=1S/C21H22N4O5/c1-11-12(2)25(28)18(24(11)5)16(17-19(26)29-21(3,4)30-20(17)27)13-6-7-14-15(10-13)23-9-8-22-14/h6-10,16-17H,1-5H3. The zero-order valence-electron chi connectivity index (χ0n) is 17.4. The molecule has 2 aromatic heterocycles. The van der Waals surface area contributed by atoms with Gasteiger partial charge in [-0.1, -0.05) is 6.07 Å². The molecule has 1 fully saturated rings. The summed E-state index contributed by atoms with van der Waals surface area (Å²) in [6.45, 7) is 6.47. The molecule has 1 aliphatic heterocycles. The van der Waals surface area contributed by atoms with Crippen LogP contribution in [0, 0.1) is 25.0 Å². The SMILES string of the molecule is Cc1c(C)[n+]([O-])c(C(c2ccc3nccnc3c2)C2C(=O)OC(C)(C)OC2=O)n1C. The molecule has 1 atom stereocenters. The van der Waals surface area contributed by atoms with E-state index in [-0.39, 0.29) is 5.82 Å². The van der Waals surface area contributed by atoms with Crippen LogP contribution in [0.1, 0.15) is 42.5 Å². The summed E-state index contributed by atoms with van der Waals surface area (Å²) >= 11 is 0. The summed E-state index contributed by atoms with van der Waals surface area (Å²) in [4.78, 5) is 34.4. The zero-order valence-corrected chi connectivity index (χ0v) is 17.4. The van der Waals surface area contributed by atoms with Gasteiger partial charge in [0.15, 0.2) is 5.92 Å². The Labute approximate surface area is 172 Å². The molecular formula is C21H22N4O5. The second-order valence-corrected chi connectivity index (χ2v) is 7.88. The van der Waals surface area contributed by atoms with Crippen LogP contribution < -0.4 is 4.73 Å². The molecule has 3 aromatic rings. The summed E-state index contributed by atoms with van der Waals surface area (Å²) < 4.78 is 13.1. The predicted octanol–water partition coefficient (Wildman–Crippen LogP) is 1.80. The first-order chi connectivity index (χ1) is 14.1. The van der Waals surface area contributed by atoms with Crippen LogP contribution in [0.25, 0.3) is 11.0 Å². The molecule has 1 aliphatic rings. The van der Waals surface area contributed by atoms with Crippen LogP contribution in [0.3, 0.4) is 0 Å². The van der Waals surface area contributed by atoms with Crippen molar-refractivity contribution in [1.82, 2.24) is 14.5 Å². The molecule has 1 aromatic carbocycles. The zero-order chi connectivity index (χ0) is 21.8. The van der Waals surface area contributed by atoms with Gasteiger partial charge >= 0.3 is 11.9 Å². The van der Waals surface area contributed by atoms with Crippen molar-refractivity contribution in [1.29, 1.82) is 0 Å². The van der Waals surface area contributed by atoms with E-state index < -0.39 is 29.6 Å². The van der Waals surface area contributed by atoms with Gasteiger partial charge in [0.05, 0.1) is 18.1 Å². The van der Waals surface area contributed by atoms with Crippen molar-refractivity contribution >= 4 is 23.0 Å². The van der Waals surface area contributed by atoms with Crippen molar-refractivity contribution in [3.8, 4) is 0 Å². The molecule has 0 amide bonds. The summed E-state index contributed by atoms with van der Waals surface area (Å²) in [6, 6.07) is 5.20. The number of carbonyl (C=O) groups excluding carboxylic acids is 2. The molecule has 9 heteroatoms. The number of carbonyl (C=O) groups is 2. The molecule has 0 spiro atoms. The first kappa shape index (κ1) is 19.8. The van der Waals surface area contributed by atoms with Gasteiger partial charge in [-0.05, 0) is 17.7 Å². The van der Waals surface area contributed by atoms with E-state index in [0.717, 1.165) is 10.4 Å². The Morgan fingerprint density at radius 3 is 2.27 bits per heavy atom. The molecule has 3 heterocycles. The van der Waals surface area contributed by atoms with Crippen LogP contribution in [-0.2, 0) is 26.1 Å². The van der Waals surface area contributed by atoms with Crippen molar-refractivity contribution in [2.24, 2.45) is 13.0 Å². The fourth-order valence-corrected chi connectivity index (χ4v) is 3.87. The third-order valence-corrected chi connectivity index (χ3v) is 5.55. The van der Waals surface area contributed by atoms with E-state index in [4.69, 9.17) is 9.47 Å². The number of fused-ring (bicyclic) bond motifs is 1. The third kappa shape index (κ3) is 3.06. The van der Waals surface area contributed by atoms with Gasteiger partial charge in [0.25, 0.3) is 11.6 Å². The summed E-state index contributed by atoms with van der Waals surface area (Å²) in [7, 11) is 1.73. The van der Waals surface area contributed by atoms with Gasteiger partial charge in [-0.3, -0.25) is 19.6 Å². The molecular weight excluding hydrogens is 388 g/mol. The minimum atomic E-state index is -1.36. The van der Waals surface area contributed by atoms with Crippen LogP contribution >= 0.6 is 0 Å². The number of imidazole rings is 1. The number of rotatable bonds is 3. The number of cyclic esters (lactones) is 2. The lowest BCUT2D eigenvalue weighted by Gasteiger charge is -2.35. The maximum absolute atomic E-state index is 13.0. The van der Waals surface area contributed by atoms with Crippen molar-refractivity contribution in [2.45, 2.75) is 39.4 Å². The van der Waals surface area contributed by atoms with Crippen molar-refractivity contribution in [3.63, 3.8) is 0 Å². The molecule has 0 aliphatic carbocycles. The predicted molar refractivity (Wildman–Crippen MR) is 105 cm³/mol. The normalized spacial score (nSPS) is 17.6. The Hall–Kier alpha value is -3.49. The van der Waals surface area contributed by atoms with Gasteiger partial charge < -0.3 is 14.7 Å². The highest BCUT2D eigenvalue weighted by Gasteiger charge is 2.51. The number of ether oxygens (including phenoxy) is 2. The molecule has 4 rings (SSSR count). The monoisotopic (exact) mass is 410 g/mol. The number of benzene rings is 1. The number of nitrogens with zero attached hydrogens (tertiary/aromatic N) is 4. The largest absolute Gasteiger partial charge is 0.711 e. The molecule has 1 unspecified atom stereocenters. The summed E-state index contributed by atoms with van der Waals surface area (Å²) in [5.74, 6) is -4.86. The van der Waals surface area contributed by atoms with E-state index >= 15 is 0 Å². The van der Waals surface area contributed by atoms with Gasteiger partial charge in [-0.15, -0.1) is 0 Å². The highest BCUT2D eigenvalue weighted by Crippen LogP contribution is 2.38. The molecule has 0 saturated carbocycles. The Kier molecular flexibility index (Phi) is 4.48. The van der Waals surface area contributed by atoms with Crippen LogP contribution in [-0.4, -0.2) is 32.3 Å². The second kappa shape index (κ2) is 6.79. The topological polar surface area (TPSA) is 110 Å². The van der Waals surface area contributed by atoms with Crippen LogP contribution in [0.2, 0.25) is 0 Å². The summed E-state index contributed by atoms with van der Waals surface area (Å²) in [5.41, 5.74) is 3.01. The molecule has 156 valence electrons. The van der Waals surface area contributed by atoms with Crippen LogP contribution in [0.4, 0.5) is 0 Å². The highest BCUT2D eigenvalue weighted by molar-refractivity contribution is 5.98. The first-order valence-electron chi connectivity index (χ1n) is 9.52. The van der Waals surface area contributed by atoms with Gasteiger partial charge in [0.2, 0.25) is 0 Å². The van der Waals surface area contributed by atoms with Gasteiger partial charge in [0.1, 0.15) is 17.3 Å². The molecule has 9 nitrogen and oxygen atoms in total. The fourth-order valence-electron chi connectivity index (χ4n) is 3.87. The maximum Gasteiger partial charge on any atom is 0.324 e. The Balaban J connectivity index is 1.95. The van der Waals surface area contributed by atoms with E-state index in [1.54, 1.807) is 56.1 Å². The van der Waals surface area contributed by atoms with E-state index in [1.807, 2.05) is 0 Å². The van der Waals surface area contributed by atoms with Crippen LogP contribution in [0.15, 0.2) is 30.6 Å². The molecule has 0 radical (unpaired) electrons. The number of hydrogen-bond donors (Lipinski definition) is 0. The van der Waals surface area contributed by atoms with Crippen LogP contribution in [0.5, 0.6) is 0 Å². The Morgan fingerprint density at radius 1 is 1.10 bits per heavy atom. The second-order valence-electron chi connectivity index (χ2n) is 7.88. The van der Waals surface area contributed by atoms with E-state index in [0.29, 0.717) is 22.3 Å². The van der Waals surface area contributed by atoms with E-state index in [2.05, 4.69) is 9.97 Å². The molecule has 30 heavy (non-hydrogen) atoms. The molecule has 0 N–H and O–H groups in total. The highest BCUT2D eigenvalue weighted by atomic mass is 16.7. The Bertz CT molecular complexity index is 1140.